The first-order valence-electron chi connectivity index (χ1n) is 9.64. The number of para-hydroxylation sites is 1. The molecule has 1 N–H and O–H groups in total. The van der Waals surface area contributed by atoms with Gasteiger partial charge in [0.2, 0.25) is 5.91 Å². The fourth-order valence-electron chi connectivity index (χ4n) is 2.89. The lowest BCUT2D eigenvalue weighted by Crippen LogP contribution is -2.25. The summed E-state index contributed by atoms with van der Waals surface area (Å²) in [4.78, 5) is 25.4. The number of amides is 1. The van der Waals surface area contributed by atoms with Gasteiger partial charge in [0.15, 0.2) is 5.82 Å². The van der Waals surface area contributed by atoms with Crippen molar-refractivity contribution in [3.8, 4) is 0 Å². The summed E-state index contributed by atoms with van der Waals surface area (Å²) in [6.07, 6.45) is 5.72. The van der Waals surface area contributed by atoms with Crippen molar-refractivity contribution >= 4 is 28.7 Å². The lowest BCUT2D eigenvalue weighted by Gasteiger charge is -2.16. The van der Waals surface area contributed by atoms with Gasteiger partial charge in [0, 0.05) is 25.1 Å². The molecule has 2 aromatic heterocycles. The van der Waals surface area contributed by atoms with Crippen molar-refractivity contribution in [3.05, 3.63) is 60.3 Å². The molecule has 3 rings (SSSR count). The number of hydrogen-bond donors (Lipinski definition) is 1. The first-order chi connectivity index (χ1) is 14.0. The van der Waals surface area contributed by atoms with Crippen molar-refractivity contribution in [2.45, 2.75) is 13.0 Å². The molecule has 0 fully saturated rings. The first-order valence-corrected chi connectivity index (χ1v) is 9.64. The lowest BCUT2D eigenvalue weighted by atomic mass is 10.2. The summed E-state index contributed by atoms with van der Waals surface area (Å²) in [5.74, 6) is 1.90. The molecule has 7 heteroatoms. The van der Waals surface area contributed by atoms with Crippen LogP contribution >= 0.6 is 0 Å². The van der Waals surface area contributed by atoms with Gasteiger partial charge in [-0.05, 0) is 57.4 Å². The van der Waals surface area contributed by atoms with Crippen LogP contribution in [0.4, 0.5) is 5.82 Å². The van der Waals surface area contributed by atoms with E-state index in [1.807, 2.05) is 24.3 Å². The number of nitrogens with one attached hydrogen (secondary N) is 1. The third-order valence-corrected chi connectivity index (χ3v) is 4.41. The van der Waals surface area contributed by atoms with Crippen LogP contribution in [0.1, 0.15) is 18.0 Å². The molecule has 0 aliphatic carbocycles. The maximum atomic E-state index is 12.4. The van der Waals surface area contributed by atoms with Crippen LogP contribution in [0.2, 0.25) is 0 Å². The Morgan fingerprint density at radius 2 is 1.97 bits per heavy atom. The van der Waals surface area contributed by atoms with E-state index in [0.717, 1.165) is 36.2 Å². The van der Waals surface area contributed by atoms with Gasteiger partial charge >= 0.3 is 0 Å². The Morgan fingerprint density at radius 3 is 2.72 bits per heavy atom. The Labute approximate surface area is 171 Å². The summed E-state index contributed by atoms with van der Waals surface area (Å²) in [5, 5.41) is 4.40. The Kier molecular flexibility index (Phi) is 6.97. The highest BCUT2D eigenvalue weighted by Gasteiger charge is 2.12. The zero-order valence-electron chi connectivity index (χ0n) is 17.1. The van der Waals surface area contributed by atoms with E-state index in [9.17, 15) is 4.79 Å². The van der Waals surface area contributed by atoms with Crippen LogP contribution < -0.4 is 5.32 Å². The molecule has 0 saturated carbocycles. The Morgan fingerprint density at radius 1 is 1.14 bits per heavy atom. The van der Waals surface area contributed by atoms with Crippen LogP contribution in [0.25, 0.3) is 17.0 Å². The number of furan rings is 1. The van der Waals surface area contributed by atoms with Crippen LogP contribution in [0, 0.1) is 0 Å². The van der Waals surface area contributed by atoms with E-state index in [-0.39, 0.29) is 5.91 Å². The molecule has 3 aromatic rings. The predicted octanol–water partition coefficient (Wildman–Crippen LogP) is 3.26. The first kappa shape index (κ1) is 20.5. The second-order valence-electron chi connectivity index (χ2n) is 7.13. The van der Waals surface area contributed by atoms with Crippen LogP contribution in [-0.4, -0.2) is 59.9 Å². The monoisotopic (exact) mass is 393 g/mol. The molecule has 7 nitrogen and oxygen atoms in total. The number of carbonyl (C=O) groups excluding carboxylic acids is 1. The number of likely N-dealkylation sites (N-methyl/N-ethyl adjacent to an activating group) is 1. The number of nitrogens with zero attached hydrogens (tertiary/aromatic N) is 4. The van der Waals surface area contributed by atoms with Crippen LogP contribution in [-0.2, 0) is 11.3 Å². The third-order valence-electron chi connectivity index (χ3n) is 4.41. The molecular formula is C22H27N5O2. The molecule has 0 bridgehead atoms. The van der Waals surface area contributed by atoms with Crippen LogP contribution in [0.5, 0.6) is 0 Å². The van der Waals surface area contributed by atoms with E-state index < -0.39 is 0 Å². The molecule has 2 heterocycles. The molecule has 0 radical (unpaired) electrons. The predicted molar refractivity (Wildman–Crippen MR) is 115 cm³/mol. The molecule has 1 aromatic carbocycles. The fourth-order valence-corrected chi connectivity index (χ4v) is 2.89. The summed E-state index contributed by atoms with van der Waals surface area (Å²) >= 11 is 0. The van der Waals surface area contributed by atoms with Crippen LogP contribution in [0.15, 0.2) is 53.2 Å². The van der Waals surface area contributed by atoms with E-state index >= 15 is 0 Å². The van der Waals surface area contributed by atoms with E-state index in [2.05, 4.69) is 34.3 Å². The molecule has 29 heavy (non-hydrogen) atoms. The van der Waals surface area contributed by atoms with E-state index in [0.29, 0.717) is 18.1 Å². The normalized spacial score (nSPS) is 11.4. The summed E-state index contributed by atoms with van der Waals surface area (Å²) in [6.45, 7) is 2.14. The molecular weight excluding hydrogens is 366 g/mol. The highest BCUT2D eigenvalue weighted by atomic mass is 16.3. The largest absolute Gasteiger partial charge is 0.465 e. The van der Waals surface area contributed by atoms with Gasteiger partial charge in [-0.1, -0.05) is 12.1 Å². The molecule has 0 saturated heterocycles. The van der Waals surface area contributed by atoms with Gasteiger partial charge in [-0.2, -0.15) is 0 Å². The van der Waals surface area contributed by atoms with Crippen LogP contribution in [0.3, 0.4) is 0 Å². The van der Waals surface area contributed by atoms with Gasteiger partial charge in [0.1, 0.15) is 11.6 Å². The minimum absolute atomic E-state index is 0.140. The van der Waals surface area contributed by atoms with E-state index in [4.69, 9.17) is 4.42 Å². The quantitative estimate of drug-likeness (QED) is 0.444. The van der Waals surface area contributed by atoms with Gasteiger partial charge in [0.25, 0.3) is 0 Å². The molecule has 0 spiro atoms. The number of anilines is 1. The minimum atomic E-state index is -0.140. The summed E-state index contributed by atoms with van der Waals surface area (Å²) < 4.78 is 5.21. The number of rotatable bonds is 9. The number of hydrogen-bond acceptors (Lipinski definition) is 6. The lowest BCUT2D eigenvalue weighted by molar-refractivity contribution is -0.125. The molecule has 0 unspecified atom stereocenters. The SMILES string of the molecule is CN(C)CCCNc1nc(CN(C)C(=O)C=Cc2ccco2)nc2ccccc12. The van der Waals surface area contributed by atoms with Crippen molar-refractivity contribution in [3.63, 3.8) is 0 Å². The van der Waals surface area contributed by atoms with E-state index in [1.165, 1.54) is 6.08 Å². The Bertz CT molecular complexity index is 967. The van der Waals surface area contributed by atoms with Crippen molar-refractivity contribution < 1.29 is 9.21 Å². The minimum Gasteiger partial charge on any atom is -0.465 e. The third kappa shape index (κ3) is 5.89. The van der Waals surface area contributed by atoms with E-state index in [1.54, 1.807) is 36.4 Å². The number of aromatic nitrogens is 2. The molecule has 1 amide bonds. The number of benzene rings is 1. The Hall–Kier alpha value is -3.19. The summed E-state index contributed by atoms with van der Waals surface area (Å²) in [7, 11) is 5.86. The summed E-state index contributed by atoms with van der Waals surface area (Å²) in [5.41, 5.74) is 0.861. The zero-order chi connectivity index (χ0) is 20.6. The average Bonchev–Trinajstić information content (AvgIpc) is 3.22. The smallest absolute Gasteiger partial charge is 0.246 e. The molecule has 0 atom stereocenters. The number of carbonyl (C=O) groups is 1. The second-order valence-corrected chi connectivity index (χ2v) is 7.13. The molecule has 0 aliphatic heterocycles. The highest BCUT2D eigenvalue weighted by molar-refractivity contribution is 5.91. The molecule has 152 valence electrons. The average molecular weight is 393 g/mol. The zero-order valence-corrected chi connectivity index (χ0v) is 17.1. The van der Waals surface area contributed by atoms with Crippen molar-refractivity contribution in [1.82, 2.24) is 19.8 Å². The standard InChI is InChI=1S/C22H27N5O2/c1-26(2)14-7-13-23-22-18-9-4-5-10-19(18)24-20(25-22)16-27(3)21(28)12-11-17-8-6-15-29-17/h4-6,8-12,15H,7,13-14,16H2,1-3H3,(H,23,24,25). The molecule has 0 aliphatic rings. The van der Waals surface area contributed by atoms with Crippen molar-refractivity contribution in [1.29, 1.82) is 0 Å². The highest BCUT2D eigenvalue weighted by Crippen LogP contribution is 2.20. The maximum absolute atomic E-state index is 12.4. The summed E-state index contributed by atoms with van der Waals surface area (Å²) in [6, 6.07) is 11.5. The maximum Gasteiger partial charge on any atom is 0.246 e. The fraction of sp³-hybridized carbons (Fsp3) is 0.318. The van der Waals surface area contributed by atoms with Crippen molar-refractivity contribution in [2.75, 3.05) is 39.5 Å². The van der Waals surface area contributed by atoms with Gasteiger partial charge < -0.3 is 19.5 Å². The Balaban J connectivity index is 1.71. The number of fused-ring (bicyclic) bond motifs is 1. The van der Waals surface area contributed by atoms with Gasteiger partial charge in [-0.15, -0.1) is 0 Å². The van der Waals surface area contributed by atoms with Gasteiger partial charge in [0.05, 0.1) is 18.3 Å². The van der Waals surface area contributed by atoms with Gasteiger partial charge in [-0.3, -0.25) is 4.79 Å². The van der Waals surface area contributed by atoms with Gasteiger partial charge in [-0.25, -0.2) is 9.97 Å². The second kappa shape index (κ2) is 9.84. The topological polar surface area (TPSA) is 74.5 Å². The van der Waals surface area contributed by atoms with Crippen molar-refractivity contribution in [2.24, 2.45) is 0 Å².